The van der Waals surface area contributed by atoms with Crippen molar-refractivity contribution in [1.29, 1.82) is 0 Å². The first kappa shape index (κ1) is 19.1. The Bertz CT molecular complexity index is 661. The Hall–Kier alpha value is -2.20. The van der Waals surface area contributed by atoms with E-state index in [-0.39, 0.29) is 6.10 Å². The minimum Gasteiger partial charge on any atom is -0.382 e. The van der Waals surface area contributed by atoms with Crippen LogP contribution in [-0.2, 0) is 27.4 Å². The van der Waals surface area contributed by atoms with E-state index in [4.69, 9.17) is 14.2 Å². The first-order chi connectivity index (χ1) is 12.2. The average Bonchev–Trinajstić information content (AvgIpc) is 2.66. The molecule has 0 radical (unpaired) electrons. The highest BCUT2D eigenvalue weighted by molar-refractivity contribution is 5.48. The SMILES string of the molecule is C=Cc1ccc(COCC(COC)OCc2cccc(C=C)c2)cc1. The molecule has 0 bridgehead atoms. The van der Waals surface area contributed by atoms with E-state index in [0.29, 0.717) is 26.4 Å². The van der Waals surface area contributed by atoms with Crippen LogP contribution in [0, 0.1) is 0 Å². The zero-order valence-electron chi connectivity index (χ0n) is 14.8. The molecule has 0 aliphatic heterocycles. The number of rotatable bonds is 11. The van der Waals surface area contributed by atoms with Crippen LogP contribution in [0.2, 0.25) is 0 Å². The number of hydrogen-bond donors (Lipinski definition) is 0. The molecule has 3 heteroatoms. The Labute approximate surface area is 150 Å². The lowest BCUT2D eigenvalue weighted by molar-refractivity contribution is -0.0618. The second-order valence-corrected chi connectivity index (χ2v) is 5.80. The molecule has 2 rings (SSSR count). The molecule has 0 aliphatic rings. The molecule has 1 unspecified atom stereocenters. The predicted molar refractivity (Wildman–Crippen MR) is 103 cm³/mol. The lowest BCUT2D eigenvalue weighted by Gasteiger charge is -2.17. The quantitative estimate of drug-likeness (QED) is 0.593. The molecule has 1 atom stereocenters. The summed E-state index contributed by atoms with van der Waals surface area (Å²) >= 11 is 0. The standard InChI is InChI=1S/C22H26O3/c1-4-18-9-11-20(12-10-18)14-24-17-22(16-23-3)25-15-21-8-6-7-19(5-2)13-21/h4-13,22H,1-2,14-17H2,3H3. The molecule has 0 aromatic heterocycles. The maximum Gasteiger partial charge on any atom is 0.105 e. The molecule has 3 nitrogen and oxygen atoms in total. The minimum atomic E-state index is -0.107. The molecule has 2 aromatic rings. The summed E-state index contributed by atoms with van der Waals surface area (Å²) in [7, 11) is 1.67. The van der Waals surface area contributed by atoms with Gasteiger partial charge in [-0.05, 0) is 28.3 Å². The largest absolute Gasteiger partial charge is 0.382 e. The molecule has 0 N–H and O–H groups in total. The van der Waals surface area contributed by atoms with Crippen molar-refractivity contribution in [2.24, 2.45) is 0 Å². The molecule has 0 amide bonds. The van der Waals surface area contributed by atoms with Gasteiger partial charge >= 0.3 is 0 Å². The van der Waals surface area contributed by atoms with Crippen molar-refractivity contribution in [2.45, 2.75) is 19.3 Å². The van der Waals surface area contributed by atoms with E-state index in [0.717, 1.165) is 22.3 Å². The van der Waals surface area contributed by atoms with Crippen molar-refractivity contribution >= 4 is 12.2 Å². The predicted octanol–water partition coefficient (Wildman–Crippen LogP) is 4.72. The highest BCUT2D eigenvalue weighted by Crippen LogP contribution is 2.11. The van der Waals surface area contributed by atoms with Crippen molar-refractivity contribution in [1.82, 2.24) is 0 Å². The summed E-state index contributed by atoms with van der Waals surface area (Å²) in [4.78, 5) is 0. The Morgan fingerprint density at radius 1 is 0.880 bits per heavy atom. The van der Waals surface area contributed by atoms with Crippen molar-refractivity contribution in [3.8, 4) is 0 Å². The van der Waals surface area contributed by atoms with Gasteiger partial charge in [-0.3, -0.25) is 0 Å². The Morgan fingerprint density at radius 2 is 1.64 bits per heavy atom. The molecule has 0 spiro atoms. The third-order valence-corrected chi connectivity index (χ3v) is 3.81. The van der Waals surface area contributed by atoms with Gasteiger partial charge in [0.15, 0.2) is 0 Å². The number of ether oxygens (including phenoxy) is 3. The molecule has 0 fully saturated rings. The molecular weight excluding hydrogens is 312 g/mol. The Kier molecular flexibility index (Phi) is 8.13. The molecule has 0 aliphatic carbocycles. The van der Waals surface area contributed by atoms with Gasteiger partial charge < -0.3 is 14.2 Å². The summed E-state index contributed by atoms with van der Waals surface area (Å²) in [6, 6.07) is 16.3. The second-order valence-electron chi connectivity index (χ2n) is 5.80. The fourth-order valence-electron chi connectivity index (χ4n) is 2.41. The summed E-state index contributed by atoms with van der Waals surface area (Å²) in [6.07, 6.45) is 3.55. The van der Waals surface area contributed by atoms with E-state index >= 15 is 0 Å². The molecule has 2 aromatic carbocycles. The van der Waals surface area contributed by atoms with Crippen LogP contribution in [0.15, 0.2) is 61.7 Å². The maximum atomic E-state index is 5.94. The van der Waals surface area contributed by atoms with E-state index in [1.54, 1.807) is 7.11 Å². The zero-order valence-corrected chi connectivity index (χ0v) is 14.8. The molecule has 132 valence electrons. The maximum absolute atomic E-state index is 5.94. The summed E-state index contributed by atoms with van der Waals surface area (Å²) in [5.41, 5.74) is 4.42. The third-order valence-electron chi connectivity index (χ3n) is 3.81. The van der Waals surface area contributed by atoms with Crippen molar-refractivity contribution in [3.05, 3.63) is 83.9 Å². The fourth-order valence-corrected chi connectivity index (χ4v) is 2.41. The van der Waals surface area contributed by atoms with Gasteiger partial charge in [-0.15, -0.1) is 0 Å². The van der Waals surface area contributed by atoms with Crippen LogP contribution in [0.5, 0.6) is 0 Å². The Morgan fingerprint density at radius 3 is 2.32 bits per heavy atom. The van der Waals surface area contributed by atoms with Gasteiger partial charge in [0.2, 0.25) is 0 Å². The molecule has 25 heavy (non-hydrogen) atoms. The fraction of sp³-hybridized carbons (Fsp3) is 0.273. The molecular formula is C22H26O3. The van der Waals surface area contributed by atoms with Crippen molar-refractivity contribution in [2.75, 3.05) is 20.3 Å². The number of hydrogen-bond acceptors (Lipinski definition) is 3. The van der Waals surface area contributed by atoms with Gasteiger partial charge in [-0.1, -0.05) is 67.8 Å². The molecule has 0 saturated carbocycles. The third kappa shape index (κ3) is 6.67. The van der Waals surface area contributed by atoms with Gasteiger partial charge in [-0.2, -0.15) is 0 Å². The topological polar surface area (TPSA) is 27.7 Å². The van der Waals surface area contributed by atoms with Gasteiger partial charge in [-0.25, -0.2) is 0 Å². The first-order valence-corrected chi connectivity index (χ1v) is 8.36. The summed E-state index contributed by atoms with van der Waals surface area (Å²) < 4.78 is 17.0. The van der Waals surface area contributed by atoms with E-state index in [1.165, 1.54) is 0 Å². The first-order valence-electron chi connectivity index (χ1n) is 8.36. The van der Waals surface area contributed by atoms with Crippen LogP contribution in [0.3, 0.4) is 0 Å². The highest BCUT2D eigenvalue weighted by Gasteiger charge is 2.10. The minimum absolute atomic E-state index is 0.107. The van der Waals surface area contributed by atoms with Crippen molar-refractivity contribution in [3.63, 3.8) is 0 Å². The van der Waals surface area contributed by atoms with Gasteiger partial charge in [0.05, 0.1) is 26.4 Å². The van der Waals surface area contributed by atoms with E-state index in [1.807, 2.05) is 54.6 Å². The second kappa shape index (κ2) is 10.6. The van der Waals surface area contributed by atoms with Crippen LogP contribution < -0.4 is 0 Å². The summed E-state index contributed by atoms with van der Waals surface area (Å²) in [5.74, 6) is 0. The lowest BCUT2D eigenvalue weighted by atomic mass is 10.1. The smallest absolute Gasteiger partial charge is 0.105 e. The van der Waals surface area contributed by atoms with Crippen LogP contribution in [0.1, 0.15) is 22.3 Å². The van der Waals surface area contributed by atoms with E-state index in [2.05, 4.69) is 19.2 Å². The zero-order chi connectivity index (χ0) is 17.9. The average molecular weight is 338 g/mol. The normalized spacial score (nSPS) is 11.9. The number of benzene rings is 2. The van der Waals surface area contributed by atoms with Gasteiger partial charge in [0.25, 0.3) is 0 Å². The summed E-state index contributed by atoms with van der Waals surface area (Å²) in [5, 5.41) is 0. The summed E-state index contributed by atoms with van der Waals surface area (Å²) in [6.45, 7) is 9.60. The highest BCUT2D eigenvalue weighted by atomic mass is 16.6. The molecule has 0 heterocycles. The Balaban J connectivity index is 1.80. The van der Waals surface area contributed by atoms with Crippen LogP contribution in [0.25, 0.3) is 12.2 Å². The monoisotopic (exact) mass is 338 g/mol. The van der Waals surface area contributed by atoms with Crippen molar-refractivity contribution < 1.29 is 14.2 Å². The lowest BCUT2D eigenvalue weighted by Crippen LogP contribution is -2.25. The number of methoxy groups -OCH3 is 1. The van der Waals surface area contributed by atoms with E-state index < -0.39 is 0 Å². The van der Waals surface area contributed by atoms with Crippen LogP contribution in [-0.4, -0.2) is 26.4 Å². The van der Waals surface area contributed by atoms with Crippen LogP contribution >= 0.6 is 0 Å². The van der Waals surface area contributed by atoms with Gasteiger partial charge in [0, 0.05) is 7.11 Å². The van der Waals surface area contributed by atoms with E-state index in [9.17, 15) is 0 Å². The van der Waals surface area contributed by atoms with Crippen LogP contribution in [0.4, 0.5) is 0 Å². The molecule has 0 saturated heterocycles. The van der Waals surface area contributed by atoms with Gasteiger partial charge in [0.1, 0.15) is 6.10 Å².